The highest BCUT2D eigenvalue weighted by Crippen LogP contribution is 1.92. The molecular formula is C8H20N2O3S. The molecule has 0 atom stereocenters. The molecule has 0 saturated heterocycles. The van der Waals surface area contributed by atoms with Gasteiger partial charge in [-0.2, -0.15) is 0 Å². The Morgan fingerprint density at radius 2 is 2.07 bits per heavy atom. The number of nitrogens with two attached hydrogens (primary N) is 1. The molecular weight excluding hydrogens is 204 g/mol. The van der Waals surface area contributed by atoms with Gasteiger partial charge in [-0.1, -0.05) is 13.3 Å². The smallest absolute Gasteiger partial charge is 0.211 e. The van der Waals surface area contributed by atoms with Crippen LogP contribution in [0.15, 0.2) is 0 Å². The van der Waals surface area contributed by atoms with Gasteiger partial charge in [-0.05, 0) is 6.42 Å². The molecule has 0 aliphatic rings. The van der Waals surface area contributed by atoms with E-state index in [-0.39, 0.29) is 5.75 Å². The maximum Gasteiger partial charge on any atom is 0.211 e. The van der Waals surface area contributed by atoms with Crippen LogP contribution in [0, 0.1) is 0 Å². The molecule has 0 aliphatic heterocycles. The lowest BCUT2D eigenvalue weighted by Crippen LogP contribution is -2.30. The van der Waals surface area contributed by atoms with Crippen LogP contribution in [0.1, 0.15) is 19.8 Å². The summed E-state index contributed by atoms with van der Waals surface area (Å²) in [5.41, 5.74) is 5.20. The van der Waals surface area contributed by atoms with E-state index in [9.17, 15) is 8.42 Å². The topological polar surface area (TPSA) is 81.4 Å². The summed E-state index contributed by atoms with van der Waals surface area (Å²) in [5, 5.41) is 0. The van der Waals surface area contributed by atoms with E-state index in [1.165, 1.54) is 0 Å². The molecule has 0 aromatic carbocycles. The molecule has 0 spiro atoms. The van der Waals surface area contributed by atoms with Crippen molar-refractivity contribution >= 4 is 10.0 Å². The van der Waals surface area contributed by atoms with Crippen molar-refractivity contribution in [3.8, 4) is 0 Å². The minimum Gasteiger partial charge on any atom is -0.379 e. The highest BCUT2D eigenvalue weighted by atomic mass is 32.2. The molecule has 3 N–H and O–H groups in total. The summed E-state index contributed by atoms with van der Waals surface area (Å²) in [4.78, 5) is 0. The average Bonchev–Trinajstić information content (AvgIpc) is 2.15. The lowest BCUT2D eigenvalue weighted by molar-refractivity contribution is 0.147. The first kappa shape index (κ1) is 13.8. The van der Waals surface area contributed by atoms with Gasteiger partial charge in [0.05, 0.1) is 19.0 Å². The highest BCUT2D eigenvalue weighted by Gasteiger charge is 2.07. The van der Waals surface area contributed by atoms with E-state index in [0.717, 1.165) is 6.42 Å². The summed E-state index contributed by atoms with van der Waals surface area (Å²) >= 11 is 0. The lowest BCUT2D eigenvalue weighted by Gasteiger charge is -2.06. The Morgan fingerprint density at radius 1 is 1.36 bits per heavy atom. The van der Waals surface area contributed by atoms with E-state index < -0.39 is 10.0 Å². The minimum absolute atomic E-state index is 0.195. The van der Waals surface area contributed by atoms with Gasteiger partial charge in [0.2, 0.25) is 10.0 Å². The van der Waals surface area contributed by atoms with Gasteiger partial charge >= 0.3 is 0 Å². The molecule has 0 radical (unpaired) electrons. The molecule has 0 aromatic rings. The van der Waals surface area contributed by atoms with Crippen molar-refractivity contribution < 1.29 is 13.2 Å². The summed E-state index contributed by atoms with van der Waals surface area (Å²) in [6, 6.07) is 0. The molecule has 0 saturated carbocycles. The Morgan fingerprint density at radius 3 is 2.64 bits per heavy atom. The van der Waals surface area contributed by atoms with E-state index >= 15 is 0 Å². The molecule has 0 rings (SSSR count). The van der Waals surface area contributed by atoms with Crippen molar-refractivity contribution in [1.29, 1.82) is 0 Å². The Labute approximate surface area is 86.1 Å². The van der Waals surface area contributed by atoms with E-state index in [2.05, 4.69) is 4.72 Å². The molecule has 0 heterocycles. The van der Waals surface area contributed by atoms with Crippen LogP contribution >= 0.6 is 0 Å². The first-order valence-corrected chi connectivity index (χ1v) is 6.52. The molecule has 0 fully saturated rings. The lowest BCUT2D eigenvalue weighted by atomic mass is 10.4. The Hall–Kier alpha value is -0.170. The zero-order chi connectivity index (χ0) is 10.9. The van der Waals surface area contributed by atoms with Crippen LogP contribution < -0.4 is 10.5 Å². The van der Waals surface area contributed by atoms with Crippen molar-refractivity contribution in [2.45, 2.75) is 19.8 Å². The van der Waals surface area contributed by atoms with Gasteiger partial charge in [0.15, 0.2) is 0 Å². The molecule has 14 heavy (non-hydrogen) atoms. The third-order valence-corrected chi connectivity index (χ3v) is 3.07. The van der Waals surface area contributed by atoms with Crippen LogP contribution in [0.5, 0.6) is 0 Å². The van der Waals surface area contributed by atoms with Gasteiger partial charge in [0, 0.05) is 13.1 Å². The largest absolute Gasteiger partial charge is 0.379 e. The number of hydrogen-bond acceptors (Lipinski definition) is 4. The maximum absolute atomic E-state index is 11.2. The third kappa shape index (κ3) is 8.43. The predicted octanol–water partition coefficient (Wildman–Crippen LogP) is -0.319. The number of unbranched alkanes of at least 4 members (excludes halogenated alkanes) is 1. The zero-order valence-electron chi connectivity index (χ0n) is 8.66. The van der Waals surface area contributed by atoms with Gasteiger partial charge in [-0.3, -0.25) is 0 Å². The summed E-state index contributed by atoms with van der Waals surface area (Å²) < 4.78 is 30.0. The first-order valence-electron chi connectivity index (χ1n) is 4.87. The van der Waals surface area contributed by atoms with E-state index in [1.54, 1.807) is 0 Å². The van der Waals surface area contributed by atoms with Crippen LogP contribution in [0.2, 0.25) is 0 Å². The summed E-state index contributed by atoms with van der Waals surface area (Å²) in [6.07, 6.45) is 1.57. The molecule has 0 aromatic heterocycles. The average molecular weight is 224 g/mol. The van der Waals surface area contributed by atoms with Gasteiger partial charge in [-0.15, -0.1) is 0 Å². The van der Waals surface area contributed by atoms with E-state index in [0.29, 0.717) is 32.7 Å². The van der Waals surface area contributed by atoms with Crippen LogP contribution in [0.3, 0.4) is 0 Å². The molecule has 0 bridgehead atoms. The van der Waals surface area contributed by atoms with E-state index in [1.807, 2.05) is 6.92 Å². The third-order valence-electron chi connectivity index (χ3n) is 1.60. The summed E-state index contributed by atoms with van der Waals surface area (Å²) in [5.74, 6) is 0.195. The predicted molar refractivity (Wildman–Crippen MR) is 56.6 cm³/mol. The fraction of sp³-hybridized carbons (Fsp3) is 1.00. The number of rotatable bonds is 9. The van der Waals surface area contributed by atoms with Crippen molar-refractivity contribution in [2.75, 3.05) is 32.1 Å². The summed E-state index contributed by atoms with van der Waals surface area (Å²) in [6.45, 7) is 3.59. The Balaban J connectivity index is 3.46. The standard InChI is InChI=1S/C8H20N2O3S/c1-2-3-8-14(11,12)10-5-7-13-6-4-9/h10H,2-9H2,1H3. The maximum atomic E-state index is 11.2. The molecule has 6 heteroatoms. The molecule has 0 unspecified atom stereocenters. The zero-order valence-corrected chi connectivity index (χ0v) is 9.48. The fourth-order valence-corrected chi connectivity index (χ4v) is 2.07. The van der Waals surface area contributed by atoms with Gasteiger partial charge in [-0.25, -0.2) is 13.1 Å². The Bertz CT molecular complexity index is 217. The molecule has 0 aliphatic carbocycles. The number of sulfonamides is 1. The van der Waals surface area contributed by atoms with Crippen LogP contribution in [0.25, 0.3) is 0 Å². The van der Waals surface area contributed by atoms with Crippen molar-refractivity contribution in [2.24, 2.45) is 5.73 Å². The normalized spacial score (nSPS) is 11.9. The second kappa shape index (κ2) is 8.16. The van der Waals surface area contributed by atoms with Crippen LogP contribution in [0.4, 0.5) is 0 Å². The van der Waals surface area contributed by atoms with Crippen molar-refractivity contribution in [3.05, 3.63) is 0 Å². The number of ether oxygens (including phenoxy) is 1. The summed E-state index contributed by atoms with van der Waals surface area (Å²) in [7, 11) is -3.09. The highest BCUT2D eigenvalue weighted by molar-refractivity contribution is 7.89. The van der Waals surface area contributed by atoms with E-state index in [4.69, 9.17) is 10.5 Å². The molecule has 5 nitrogen and oxygen atoms in total. The fourth-order valence-electron chi connectivity index (χ4n) is 0.861. The second-order valence-corrected chi connectivity index (χ2v) is 4.89. The van der Waals surface area contributed by atoms with Crippen LogP contribution in [-0.4, -0.2) is 40.5 Å². The monoisotopic (exact) mass is 224 g/mol. The second-order valence-electron chi connectivity index (χ2n) is 2.97. The molecule has 86 valence electrons. The molecule has 0 amide bonds. The van der Waals surface area contributed by atoms with Gasteiger partial charge < -0.3 is 10.5 Å². The van der Waals surface area contributed by atoms with Crippen molar-refractivity contribution in [3.63, 3.8) is 0 Å². The number of nitrogens with one attached hydrogen (secondary N) is 1. The quantitative estimate of drug-likeness (QED) is 0.526. The van der Waals surface area contributed by atoms with Crippen LogP contribution in [-0.2, 0) is 14.8 Å². The Kier molecular flexibility index (Phi) is 8.07. The number of hydrogen-bond donors (Lipinski definition) is 2. The first-order chi connectivity index (χ1) is 6.62. The van der Waals surface area contributed by atoms with Gasteiger partial charge in [0.1, 0.15) is 0 Å². The van der Waals surface area contributed by atoms with Crippen molar-refractivity contribution in [1.82, 2.24) is 4.72 Å². The SMILES string of the molecule is CCCCS(=O)(=O)NCCOCCN. The minimum atomic E-state index is -3.09. The van der Waals surface area contributed by atoms with Gasteiger partial charge in [0.25, 0.3) is 0 Å².